The highest BCUT2D eigenvalue weighted by Crippen LogP contribution is 2.35. The molecule has 0 unspecified atom stereocenters. The van der Waals surface area contributed by atoms with Gasteiger partial charge in [-0.1, -0.05) is 23.4 Å². The van der Waals surface area contributed by atoms with Crippen molar-refractivity contribution < 1.29 is 9.59 Å². The topological polar surface area (TPSA) is 126 Å². The first-order valence-electron chi connectivity index (χ1n) is 11.8. The van der Waals surface area contributed by atoms with Crippen LogP contribution in [0.25, 0.3) is 21.0 Å². The number of pyridine rings is 1. The number of nitrogens with zero attached hydrogens (tertiary/aromatic N) is 5. The third-order valence-corrected chi connectivity index (χ3v) is 7.39. The molecule has 0 saturated carbocycles. The van der Waals surface area contributed by atoms with Crippen LogP contribution in [-0.2, 0) is 4.79 Å². The van der Waals surface area contributed by atoms with Crippen LogP contribution in [0.3, 0.4) is 0 Å². The fourth-order valence-corrected chi connectivity index (χ4v) is 5.45. The third-order valence-electron chi connectivity index (χ3n) is 6.44. The number of hydrogen-bond acceptors (Lipinski definition) is 7. The Labute approximate surface area is 217 Å². The number of carbonyl (C=O) groups excluding carboxylic acids is 2. The van der Waals surface area contributed by atoms with E-state index >= 15 is 0 Å². The summed E-state index contributed by atoms with van der Waals surface area (Å²) in [5, 5.41) is 17.4. The number of hydrogen-bond donors (Lipinski definition) is 3. The number of thiophene rings is 1. The van der Waals surface area contributed by atoms with Crippen LogP contribution in [-0.4, -0.2) is 65.7 Å². The Morgan fingerprint density at radius 1 is 1.00 bits per heavy atom. The predicted octanol–water partition coefficient (Wildman–Crippen LogP) is 4.41. The molecular weight excluding hydrogens is 488 g/mol. The molecule has 188 valence electrons. The summed E-state index contributed by atoms with van der Waals surface area (Å²) in [5.41, 5.74) is 9.96. The average molecular weight is 515 g/mol. The lowest BCUT2D eigenvalue weighted by Crippen LogP contribution is -2.50. The quantitative estimate of drug-likeness (QED) is 0.157. The van der Waals surface area contributed by atoms with Gasteiger partial charge in [0.15, 0.2) is 5.84 Å². The van der Waals surface area contributed by atoms with Crippen molar-refractivity contribution in [1.29, 1.82) is 5.53 Å². The van der Waals surface area contributed by atoms with Gasteiger partial charge in [0, 0.05) is 72.4 Å². The van der Waals surface area contributed by atoms with Gasteiger partial charge in [0.05, 0.1) is 5.52 Å². The van der Waals surface area contributed by atoms with Crippen molar-refractivity contribution in [3.8, 4) is 0 Å². The van der Waals surface area contributed by atoms with E-state index in [2.05, 4.69) is 21.0 Å². The number of carbonyl (C=O) groups is 2. The van der Waals surface area contributed by atoms with Gasteiger partial charge in [0.2, 0.25) is 5.91 Å². The zero-order chi connectivity index (χ0) is 25.9. The molecule has 10 nitrogen and oxygen atoms in total. The molecule has 37 heavy (non-hydrogen) atoms. The number of piperazine rings is 1. The standard InChI is InChI=1S/C26H26N8O2S/c1-16(35)33-9-11-34(12-10-33)26(36)18-4-3-5-19(14-18)29-25-21-8-13-37-23(21)20-7-6-17(15-22(20)30-25)24(28-2)31-32-27/h3-8,13-15H,9-12H2,1-2H3,(H,29,30)(H2,27,28,31). The lowest BCUT2D eigenvalue weighted by atomic mass is 10.1. The van der Waals surface area contributed by atoms with Gasteiger partial charge < -0.3 is 20.4 Å². The van der Waals surface area contributed by atoms with Gasteiger partial charge in [-0.2, -0.15) is 5.53 Å². The molecular formula is C26H26N8O2S. The number of aromatic nitrogens is 1. The number of anilines is 2. The van der Waals surface area contributed by atoms with E-state index in [-0.39, 0.29) is 11.8 Å². The highest BCUT2D eigenvalue weighted by atomic mass is 32.1. The second-order valence-electron chi connectivity index (χ2n) is 8.66. The summed E-state index contributed by atoms with van der Waals surface area (Å²) >= 11 is 1.64. The molecule has 0 atom stereocenters. The molecule has 3 N–H and O–H groups in total. The van der Waals surface area contributed by atoms with Crippen LogP contribution in [0.1, 0.15) is 22.8 Å². The molecule has 0 radical (unpaired) electrons. The lowest BCUT2D eigenvalue weighted by Gasteiger charge is -2.34. The first-order chi connectivity index (χ1) is 18.0. The van der Waals surface area contributed by atoms with Crippen LogP contribution in [0.5, 0.6) is 0 Å². The Morgan fingerprint density at radius 2 is 1.78 bits per heavy atom. The SMILES string of the molecule is CN/C(=N\N=N)c1ccc2c(c1)nc(Nc1cccc(C(=O)N3CCN(C(C)=O)CC3)c1)c1ccsc12. The van der Waals surface area contributed by atoms with Crippen LogP contribution < -0.4 is 10.6 Å². The Kier molecular flexibility index (Phi) is 6.78. The van der Waals surface area contributed by atoms with E-state index in [9.17, 15) is 9.59 Å². The normalized spacial score (nSPS) is 14.2. The molecule has 2 amide bonds. The first-order valence-corrected chi connectivity index (χ1v) is 12.7. The number of amidine groups is 1. The van der Waals surface area contributed by atoms with Crippen LogP contribution >= 0.6 is 11.3 Å². The van der Waals surface area contributed by atoms with E-state index in [1.165, 1.54) is 0 Å². The number of benzene rings is 2. The third kappa shape index (κ3) is 4.85. The second kappa shape index (κ2) is 10.3. The fourth-order valence-electron chi connectivity index (χ4n) is 4.52. The summed E-state index contributed by atoms with van der Waals surface area (Å²) in [4.78, 5) is 33.2. The summed E-state index contributed by atoms with van der Waals surface area (Å²) in [6.07, 6.45) is 0. The minimum atomic E-state index is -0.0534. The summed E-state index contributed by atoms with van der Waals surface area (Å²) in [6, 6.07) is 15.3. The Balaban J connectivity index is 1.45. The summed E-state index contributed by atoms with van der Waals surface area (Å²) < 4.78 is 1.10. The van der Waals surface area contributed by atoms with E-state index < -0.39 is 0 Å². The largest absolute Gasteiger partial charge is 0.371 e. The van der Waals surface area contributed by atoms with Crippen molar-refractivity contribution in [2.24, 2.45) is 10.3 Å². The van der Waals surface area contributed by atoms with Crippen molar-refractivity contribution in [1.82, 2.24) is 20.1 Å². The monoisotopic (exact) mass is 514 g/mol. The fraction of sp³-hybridized carbons (Fsp3) is 0.231. The lowest BCUT2D eigenvalue weighted by molar-refractivity contribution is -0.130. The molecule has 4 aromatic rings. The van der Waals surface area contributed by atoms with Gasteiger partial charge in [0.25, 0.3) is 5.91 Å². The molecule has 0 bridgehead atoms. The smallest absolute Gasteiger partial charge is 0.254 e. The maximum absolute atomic E-state index is 13.2. The van der Waals surface area contributed by atoms with E-state index in [1.807, 2.05) is 47.8 Å². The Hall–Kier alpha value is -4.38. The van der Waals surface area contributed by atoms with Crippen LogP contribution in [0, 0.1) is 5.53 Å². The molecule has 0 aliphatic carbocycles. The van der Waals surface area contributed by atoms with E-state index in [4.69, 9.17) is 10.5 Å². The molecule has 2 aromatic heterocycles. The molecule has 2 aromatic carbocycles. The molecule has 11 heteroatoms. The minimum Gasteiger partial charge on any atom is -0.371 e. The van der Waals surface area contributed by atoms with Crippen LogP contribution in [0.2, 0.25) is 0 Å². The van der Waals surface area contributed by atoms with E-state index in [0.717, 1.165) is 32.2 Å². The molecule has 3 heterocycles. The highest BCUT2D eigenvalue weighted by molar-refractivity contribution is 7.18. The van der Waals surface area contributed by atoms with Crippen molar-refractivity contribution in [3.63, 3.8) is 0 Å². The van der Waals surface area contributed by atoms with E-state index in [1.54, 1.807) is 41.2 Å². The van der Waals surface area contributed by atoms with Gasteiger partial charge in [0.1, 0.15) is 5.82 Å². The average Bonchev–Trinajstić information content (AvgIpc) is 3.42. The van der Waals surface area contributed by atoms with Crippen LogP contribution in [0.15, 0.2) is 64.2 Å². The summed E-state index contributed by atoms with van der Waals surface area (Å²) in [6.45, 7) is 3.69. The Bertz CT molecular complexity index is 1540. The van der Waals surface area contributed by atoms with Crippen molar-refractivity contribution in [2.45, 2.75) is 6.92 Å². The summed E-state index contributed by atoms with van der Waals surface area (Å²) in [5.74, 6) is 1.15. The van der Waals surface area contributed by atoms with Crippen LogP contribution in [0.4, 0.5) is 11.5 Å². The van der Waals surface area contributed by atoms with Crippen molar-refractivity contribution in [3.05, 3.63) is 65.0 Å². The van der Waals surface area contributed by atoms with Gasteiger partial charge >= 0.3 is 0 Å². The highest BCUT2D eigenvalue weighted by Gasteiger charge is 2.23. The molecule has 1 aliphatic heterocycles. The minimum absolute atomic E-state index is 0.0360. The zero-order valence-corrected chi connectivity index (χ0v) is 21.3. The first kappa shape index (κ1) is 24.3. The van der Waals surface area contributed by atoms with Crippen molar-refractivity contribution in [2.75, 3.05) is 38.5 Å². The van der Waals surface area contributed by atoms with Crippen molar-refractivity contribution >= 4 is 61.5 Å². The predicted molar refractivity (Wildman–Crippen MR) is 146 cm³/mol. The molecule has 5 rings (SSSR count). The number of rotatable bonds is 5. The van der Waals surface area contributed by atoms with Gasteiger partial charge in [-0.3, -0.25) is 9.59 Å². The second-order valence-corrected chi connectivity index (χ2v) is 9.57. The molecule has 1 fully saturated rings. The van der Waals surface area contributed by atoms with E-state index in [0.29, 0.717) is 43.4 Å². The maximum atomic E-state index is 13.2. The van der Waals surface area contributed by atoms with Gasteiger partial charge in [-0.25, -0.2) is 4.98 Å². The summed E-state index contributed by atoms with van der Waals surface area (Å²) in [7, 11) is 1.73. The van der Waals surface area contributed by atoms with Gasteiger partial charge in [-0.05, 0) is 35.7 Å². The molecule has 0 spiro atoms. The number of nitrogens with one attached hydrogen (secondary N) is 3. The number of amides is 2. The molecule has 1 saturated heterocycles. The number of fused-ring (bicyclic) bond motifs is 3. The molecule has 1 aliphatic rings. The zero-order valence-electron chi connectivity index (χ0n) is 20.5. The Morgan fingerprint density at radius 3 is 2.51 bits per heavy atom. The maximum Gasteiger partial charge on any atom is 0.254 e. The van der Waals surface area contributed by atoms with Gasteiger partial charge in [-0.15, -0.1) is 16.4 Å².